The minimum Gasteiger partial charge on any atom is -0.298 e. The molecule has 2 aromatic rings. The number of rotatable bonds is 3. The van der Waals surface area contributed by atoms with E-state index in [1.54, 1.807) is 16.4 Å². The van der Waals surface area contributed by atoms with Gasteiger partial charge < -0.3 is 0 Å². The molecule has 4 rings (SSSR count). The van der Waals surface area contributed by atoms with Gasteiger partial charge in [0.15, 0.2) is 0 Å². The lowest BCUT2D eigenvalue weighted by molar-refractivity contribution is 0.137. The van der Waals surface area contributed by atoms with Crippen molar-refractivity contribution in [3.63, 3.8) is 0 Å². The SMILES string of the molecule is N#CC1CCC(N2CCN(S(=O)(=O)c3ccc4ccccc4c3)CC2)C1. The van der Waals surface area contributed by atoms with E-state index in [0.717, 1.165) is 43.1 Å². The molecule has 0 bridgehead atoms. The number of nitrogens with zero attached hydrogens (tertiary/aromatic N) is 3. The van der Waals surface area contributed by atoms with E-state index < -0.39 is 10.0 Å². The van der Waals surface area contributed by atoms with Crippen LogP contribution in [-0.4, -0.2) is 49.8 Å². The van der Waals surface area contributed by atoms with Gasteiger partial charge in [-0.15, -0.1) is 0 Å². The summed E-state index contributed by atoms with van der Waals surface area (Å²) >= 11 is 0. The number of benzene rings is 2. The Kier molecular flexibility index (Phi) is 4.70. The lowest BCUT2D eigenvalue weighted by Crippen LogP contribution is -2.51. The van der Waals surface area contributed by atoms with Crippen molar-refractivity contribution in [2.24, 2.45) is 5.92 Å². The molecule has 1 aliphatic heterocycles. The first-order chi connectivity index (χ1) is 12.6. The van der Waals surface area contributed by atoms with E-state index in [4.69, 9.17) is 5.26 Å². The summed E-state index contributed by atoms with van der Waals surface area (Å²) in [6, 6.07) is 16.0. The summed E-state index contributed by atoms with van der Waals surface area (Å²) in [6.07, 6.45) is 2.94. The van der Waals surface area contributed by atoms with Gasteiger partial charge in [-0.1, -0.05) is 30.3 Å². The second-order valence-electron chi connectivity index (χ2n) is 7.24. The Hall–Kier alpha value is -1.94. The van der Waals surface area contributed by atoms with E-state index in [1.165, 1.54) is 0 Å². The molecule has 0 N–H and O–H groups in total. The molecule has 1 aliphatic carbocycles. The van der Waals surface area contributed by atoms with Crippen LogP contribution in [-0.2, 0) is 10.0 Å². The van der Waals surface area contributed by atoms with Crippen molar-refractivity contribution >= 4 is 20.8 Å². The Morgan fingerprint density at radius 2 is 1.69 bits per heavy atom. The molecular formula is C20H23N3O2S. The van der Waals surface area contributed by atoms with Gasteiger partial charge in [0, 0.05) is 38.1 Å². The highest BCUT2D eigenvalue weighted by atomic mass is 32.2. The summed E-state index contributed by atoms with van der Waals surface area (Å²) in [5, 5.41) is 11.1. The molecule has 1 heterocycles. The molecule has 26 heavy (non-hydrogen) atoms. The molecule has 6 heteroatoms. The predicted molar refractivity (Wildman–Crippen MR) is 101 cm³/mol. The van der Waals surface area contributed by atoms with Gasteiger partial charge in [-0.3, -0.25) is 4.90 Å². The van der Waals surface area contributed by atoms with Gasteiger partial charge in [0.1, 0.15) is 0 Å². The third-order valence-electron chi connectivity index (χ3n) is 5.74. The molecule has 0 aromatic heterocycles. The van der Waals surface area contributed by atoms with E-state index in [-0.39, 0.29) is 5.92 Å². The number of nitriles is 1. The highest BCUT2D eigenvalue weighted by molar-refractivity contribution is 7.89. The third-order valence-corrected chi connectivity index (χ3v) is 7.63. The van der Waals surface area contributed by atoms with Gasteiger partial charge in [0.2, 0.25) is 10.0 Å². The highest BCUT2D eigenvalue weighted by Crippen LogP contribution is 2.30. The quantitative estimate of drug-likeness (QED) is 0.834. The van der Waals surface area contributed by atoms with Crippen LogP contribution in [0.5, 0.6) is 0 Å². The predicted octanol–water partition coefficient (Wildman–Crippen LogP) is 2.84. The first kappa shape index (κ1) is 17.5. The van der Waals surface area contributed by atoms with Crippen molar-refractivity contribution in [1.29, 1.82) is 5.26 Å². The molecule has 1 saturated carbocycles. The number of hydrogen-bond acceptors (Lipinski definition) is 4. The average Bonchev–Trinajstić information content (AvgIpc) is 3.17. The van der Waals surface area contributed by atoms with E-state index in [9.17, 15) is 8.42 Å². The first-order valence-electron chi connectivity index (χ1n) is 9.20. The summed E-state index contributed by atoms with van der Waals surface area (Å²) in [4.78, 5) is 2.74. The van der Waals surface area contributed by atoms with Gasteiger partial charge in [0.05, 0.1) is 11.0 Å². The molecule has 5 nitrogen and oxygen atoms in total. The molecule has 0 amide bonds. The van der Waals surface area contributed by atoms with Crippen LogP contribution in [0.25, 0.3) is 10.8 Å². The zero-order valence-corrected chi connectivity index (χ0v) is 15.5. The van der Waals surface area contributed by atoms with Crippen molar-refractivity contribution in [3.8, 4) is 6.07 Å². The third kappa shape index (κ3) is 3.23. The van der Waals surface area contributed by atoms with Crippen LogP contribution in [0.2, 0.25) is 0 Å². The van der Waals surface area contributed by atoms with E-state index in [1.807, 2.05) is 30.3 Å². The van der Waals surface area contributed by atoms with E-state index in [2.05, 4.69) is 11.0 Å². The van der Waals surface area contributed by atoms with E-state index in [0.29, 0.717) is 24.0 Å². The summed E-state index contributed by atoms with van der Waals surface area (Å²) in [5.41, 5.74) is 0. The largest absolute Gasteiger partial charge is 0.298 e. The van der Waals surface area contributed by atoms with Crippen LogP contribution >= 0.6 is 0 Å². The standard InChI is InChI=1S/C20H23N3O2S/c21-15-16-5-7-19(13-16)22-9-11-23(12-10-22)26(24,25)20-8-6-17-3-1-2-4-18(17)14-20/h1-4,6,8,14,16,19H,5,7,9-13H2. The van der Waals surface area contributed by atoms with Crippen LogP contribution in [0.4, 0.5) is 0 Å². The lowest BCUT2D eigenvalue weighted by Gasteiger charge is -2.37. The summed E-state index contributed by atoms with van der Waals surface area (Å²) < 4.78 is 27.6. The maximum atomic E-state index is 13.0. The van der Waals surface area contributed by atoms with Crippen LogP contribution in [0.15, 0.2) is 47.4 Å². The van der Waals surface area contributed by atoms with Gasteiger partial charge >= 0.3 is 0 Å². The minimum atomic E-state index is -3.46. The average molecular weight is 369 g/mol. The zero-order chi connectivity index (χ0) is 18.1. The van der Waals surface area contributed by atoms with Gasteiger partial charge in [0.25, 0.3) is 0 Å². The normalized spacial score (nSPS) is 25.3. The van der Waals surface area contributed by atoms with Gasteiger partial charge in [-0.2, -0.15) is 9.57 Å². The van der Waals surface area contributed by atoms with Crippen molar-refractivity contribution in [2.45, 2.75) is 30.2 Å². The number of piperazine rings is 1. The van der Waals surface area contributed by atoms with Gasteiger partial charge in [-0.25, -0.2) is 8.42 Å². The fourth-order valence-corrected chi connectivity index (χ4v) is 5.65. The molecule has 2 unspecified atom stereocenters. The Morgan fingerprint density at radius 1 is 0.962 bits per heavy atom. The molecule has 0 spiro atoms. The molecule has 0 radical (unpaired) electrons. The minimum absolute atomic E-state index is 0.166. The number of hydrogen-bond donors (Lipinski definition) is 0. The summed E-state index contributed by atoms with van der Waals surface area (Å²) in [6.45, 7) is 2.52. The maximum absolute atomic E-state index is 13.0. The summed E-state index contributed by atoms with van der Waals surface area (Å²) in [5.74, 6) is 0.166. The molecule has 1 saturated heterocycles. The number of fused-ring (bicyclic) bond motifs is 1. The van der Waals surface area contributed by atoms with Gasteiger partial charge in [-0.05, 0) is 42.2 Å². The first-order valence-corrected chi connectivity index (χ1v) is 10.6. The Labute approximate surface area is 154 Å². The highest BCUT2D eigenvalue weighted by Gasteiger charge is 2.34. The van der Waals surface area contributed by atoms with Crippen LogP contribution in [0, 0.1) is 17.2 Å². The maximum Gasteiger partial charge on any atom is 0.243 e. The molecule has 2 aliphatic rings. The molecule has 136 valence electrons. The Morgan fingerprint density at radius 3 is 2.38 bits per heavy atom. The summed E-state index contributed by atoms with van der Waals surface area (Å²) in [7, 11) is -3.46. The van der Waals surface area contributed by atoms with Crippen molar-refractivity contribution in [3.05, 3.63) is 42.5 Å². The monoisotopic (exact) mass is 369 g/mol. The smallest absolute Gasteiger partial charge is 0.243 e. The van der Waals surface area contributed by atoms with E-state index >= 15 is 0 Å². The molecule has 2 atom stereocenters. The van der Waals surface area contributed by atoms with Crippen molar-refractivity contribution < 1.29 is 8.42 Å². The Bertz CT molecular complexity index is 943. The topological polar surface area (TPSA) is 64.4 Å². The molecule has 2 fully saturated rings. The lowest BCUT2D eigenvalue weighted by atomic mass is 10.1. The second-order valence-corrected chi connectivity index (χ2v) is 9.18. The number of sulfonamides is 1. The fourth-order valence-electron chi connectivity index (χ4n) is 4.19. The van der Waals surface area contributed by atoms with Crippen LogP contribution in [0.1, 0.15) is 19.3 Å². The fraction of sp³-hybridized carbons (Fsp3) is 0.450. The van der Waals surface area contributed by atoms with Crippen molar-refractivity contribution in [2.75, 3.05) is 26.2 Å². The van der Waals surface area contributed by atoms with Crippen molar-refractivity contribution in [1.82, 2.24) is 9.21 Å². The molecule has 2 aromatic carbocycles. The molecular weight excluding hydrogens is 346 g/mol. The Balaban J connectivity index is 1.46. The second kappa shape index (κ2) is 6.99. The van der Waals surface area contributed by atoms with Crippen LogP contribution in [0.3, 0.4) is 0 Å². The van der Waals surface area contributed by atoms with Crippen LogP contribution < -0.4 is 0 Å². The zero-order valence-electron chi connectivity index (χ0n) is 14.7.